The molecule has 6 heteroatoms. The predicted molar refractivity (Wildman–Crippen MR) is 71.1 cm³/mol. The first-order valence-electron chi connectivity index (χ1n) is 6.48. The number of benzene rings is 1. The van der Waals surface area contributed by atoms with Crippen LogP contribution in [-0.2, 0) is 6.54 Å². The summed E-state index contributed by atoms with van der Waals surface area (Å²) in [6, 6.07) is 7.64. The first-order chi connectivity index (χ1) is 9.69. The van der Waals surface area contributed by atoms with Gasteiger partial charge in [0, 0.05) is 5.92 Å². The van der Waals surface area contributed by atoms with Gasteiger partial charge in [-0.15, -0.1) is 5.10 Å². The molecule has 1 saturated carbocycles. The van der Waals surface area contributed by atoms with Crippen molar-refractivity contribution in [2.45, 2.75) is 25.3 Å². The minimum Gasteiger partial charge on any atom is -0.497 e. The van der Waals surface area contributed by atoms with E-state index in [0.29, 0.717) is 6.54 Å². The summed E-state index contributed by atoms with van der Waals surface area (Å²) in [4.78, 5) is 11.2. The maximum atomic E-state index is 11.2. The summed E-state index contributed by atoms with van der Waals surface area (Å²) >= 11 is 0. The average Bonchev–Trinajstić information content (AvgIpc) is 3.20. The first kappa shape index (κ1) is 12.7. The lowest BCUT2D eigenvalue weighted by atomic mass is 10.2. The largest absolute Gasteiger partial charge is 0.497 e. The topological polar surface area (TPSA) is 77.2 Å². The maximum absolute atomic E-state index is 11.2. The van der Waals surface area contributed by atoms with Crippen LogP contribution in [0.3, 0.4) is 0 Å². The molecule has 3 rings (SSSR count). The number of ether oxygens (including phenoxy) is 1. The Morgan fingerprint density at radius 2 is 2.10 bits per heavy atom. The number of carbonyl (C=O) groups is 1. The van der Waals surface area contributed by atoms with Crippen molar-refractivity contribution in [1.29, 1.82) is 0 Å². The highest BCUT2D eigenvalue weighted by atomic mass is 16.5. The van der Waals surface area contributed by atoms with Crippen LogP contribution < -0.4 is 4.74 Å². The molecule has 0 unspecified atom stereocenters. The van der Waals surface area contributed by atoms with E-state index in [2.05, 4.69) is 10.3 Å². The van der Waals surface area contributed by atoms with Crippen molar-refractivity contribution >= 4 is 5.97 Å². The van der Waals surface area contributed by atoms with Crippen LogP contribution in [0.25, 0.3) is 0 Å². The van der Waals surface area contributed by atoms with Crippen molar-refractivity contribution in [3.8, 4) is 5.75 Å². The zero-order valence-corrected chi connectivity index (χ0v) is 11.1. The molecule has 0 atom stereocenters. The van der Waals surface area contributed by atoms with Crippen LogP contribution in [0.1, 0.15) is 40.5 Å². The van der Waals surface area contributed by atoms with Gasteiger partial charge in [-0.05, 0) is 30.5 Å². The van der Waals surface area contributed by atoms with E-state index >= 15 is 0 Å². The summed E-state index contributed by atoms with van der Waals surface area (Å²) in [5, 5.41) is 16.9. The second kappa shape index (κ2) is 4.96. The fraction of sp³-hybridized carbons (Fsp3) is 0.357. The molecule has 1 aliphatic carbocycles. The molecule has 1 N–H and O–H groups in total. The Morgan fingerprint density at radius 3 is 2.65 bits per heavy atom. The fourth-order valence-corrected chi connectivity index (χ4v) is 2.25. The molecule has 0 spiro atoms. The SMILES string of the molecule is COc1ccc(Cn2nnc(C(=O)O)c2C2CC2)cc1. The highest BCUT2D eigenvalue weighted by molar-refractivity contribution is 5.86. The minimum absolute atomic E-state index is 0.0843. The van der Waals surface area contributed by atoms with Gasteiger partial charge in [0.2, 0.25) is 0 Å². The summed E-state index contributed by atoms with van der Waals surface area (Å²) in [5.41, 5.74) is 1.86. The van der Waals surface area contributed by atoms with Crippen molar-refractivity contribution in [2.24, 2.45) is 0 Å². The summed E-state index contributed by atoms with van der Waals surface area (Å²) in [5.74, 6) is 0.0724. The Morgan fingerprint density at radius 1 is 1.40 bits per heavy atom. The number of aromatic nitrogens is 3. The van der Waals surface area contributed by atoms with Gasteiger partial charge < -0.3 is 9.84 Å². The number of methoxy groups -OCH3 is 1. The van der Waals surface area contributed by atoms with Gasteiger partial charge >= 0.3 is 5.97 Å². The predicted octanol–water partition coefficient (Wildman–Crippen LogP) is 1.91. The molecular weight excluding hydrogens is 258 g/mol. The standard InChI is InChI=1S/C14H15N3O3/c1-20-11-6-2-9(3-7-11)8-17-13(10-4-5-10)12(14(18)19)15-16-17/h2-3,6-7,10H,4-5,8H2,1H3,(H,18,19). The summed E-state index contributed by atoms with van der Waals surface area (Å²) in [7, 11) is 1.62. The van der Waals surface area contributed by atoms with Crippen LogP contribution in [0, 0.1) is 0 Å². The third-order valence-electron chi connectivity index (χ3n) is 3.43. The van der Waals surface area contributed by atoms with Crippen molar-refractivity contribution < 1.29 is 14.6 Å². The van der Waals surface area contributed by atoms with Crippen LogP contribution in [0.2, 0.25) is 0 Å². The molecule has 0 radical (unpaired) electrons. The van der Waals surface area contributed by atoms with E-state index in [1.165, 1.54) is 0 Å². The lowest BCUT2D eigenvalue weighted by molar-refractivity contribution is 0.0689. The monoisotopic (exact) mass is 273 g/mol. The molecule has 1 aromatic heterocycles. The highest BCUT2D eigenvalue weighted by Gasteiger charge is 2.33. The van der Waals surface area contributed by atoms with E-state index < -0.39 is 5.97 Å². The van der Waals surface area contributed by atoms with Crippen LogP contribution in [0.5, 0.6) is 5.75 Å². The number of aromatic carboxylic acids is 1. The lowest BCUT2D eigenvalue weighted by Gasteiger charge is -2.07. The molecule has 0 aliphatic heterocycles. The molecule has 1 fully saturated rings. The molecule has 1 heterocycles. The van der Waals surface area contributed by atoms with Crippen molar-refractivity contribution in [1.82, 2.24) is 15.0 Å². The van der Waals surface area contributed by atoms with Crippen molar-refractivity contribution in [2.75, 3.05) is 7.11 Å². The molecular formula is C14H15N3O3. The first-order valence-corrected chi connectivity index (χ1v) is 6.48. The Hall–Kier alpha value is -2.37. The van der Waals surface area contributed by atoms with Crippen molar-refractivity contribution in [3.05, 3.63) is 41.2 Å². The van der Waals surface area contributed by atoms with Gasteiger partial charge in [0.25, 0.3) is 0 Å². The lowest BCUT2D eigenvalue weighted by Crippen LogP contribution is -2.08. The fourth-order valence-electron chi connectivity index (χ4n) is 2.25. The smallest absolute Gasteiger partial charge is 0.358 e. The number of nitrogens with zero attached hydrogens (tertiary/aromatic N) is 3. The minimum atomic E-state index is -1.01. The average molecular weight is 273 g/mol. The van der Waals surface area contributed by atoms with Crippen LogP contribution in [-0.4, -0.2) is 33.2 Å². The molecule has 0 amide bonds. The second-order valence-electron chi connectivity index (χ2n) is 4.91. The quantitative estimate of drug-likeness (QED) is 0.900. The van der Waals surface area contributed by atoms with Gasteiger partial charge in [-0.25, -0.2) is 9.48 Å². The molecule has 0 bridgehead atoms. The number of hydrogen-bond acceptors (Lipinski definition) is 4. The zero-order chi connectivity index (χ0) is 14.1. The molecule has 0 saturated heterocycles. The number of hydrogen-bond donors (Lipinski definition) is 1. The Kier molecular flexibility index (Phi) is 3.14. The molecule has 1 aromatic carbocycles. The number of rotatable bonds is 5. The van der Waals surface area contributed by atoms with E-state index in [9.17, 15) is 4.79 Å². The second-order valence-corrected chi connectivity index (χ2v) is 4.91. The van der Waals surface area contributed by atoms with Crippen LogP contribution in [0.4, 0.5) is 0 Å². The van der Waals surface area contributed by atoms with Gasteiger partial charge in [0.15, 0.2) is 5.69 Å². The zero-order valence-electron chi connectivity index (χ0n) is 11.1. The third-order valence-corrected chi connectivity index (χ3v) is 3.43. The molecule has 6 nitrogen and oxygen atoms in total. The Labute approximate surface area is 116 Å². The van der Waals surface area contributed by atoms with Gasteiger partial charge in [0.1, 0.15) is 5.75 Å². The van der Waals surface area contributed by atoms with Crippen LogP contribution >= 0.6 is 0 Å². The maximum Gasteiger partial charge on any atom is 0.358 e. The Balaban J connectivity index is 1.88. The molecule has 104 valence electrons. The van der Waals surface area contributed by atoms with E-state index in [-0.39, 0.29) is 11.6 Å². The van der Waals surface area contributed by atoms with E-state index in [0.717, 1.165) is 29.8 Å². The van der Waals surface area contributed by atoms with E-state index in [1.54, 1.807) is 11.8 Å². The number of carboxylic acid groups (broad SMARTS) is 1. The normalized spacial score (nSPS) is 14.2. The van der Waals surface area contributed by atoms with Gasteiger partial charge in [0.05, 0.1) is 19.3 Å². The number of carboxylic acids is 1. The Bertz CT molecular complexity index is 630. The van der Waals surface area contributed by atoms with Gasteiger partial charge in [-0.2, -0.15) is 0 Å². The molecule has 20 heavy (non-hydrogen) atoms. The van der Waals surface area contributed by atoms with Crippen molar-refractivity contribution in [3.63, 3.8) is 0 Å². The van der Waals surface area contributed by atoms with E-state index in [1.807, 2.05) is 24.3 Å². The third kappa shape index (κ3) is 2.36. The summed E-state index contributed by atoms with van der Waals surface area (Å²) in [6.45, 7) is 0.524. The van der Waals surface area contributed by atoms with Gasteiger partial charge in [-0.1, -0.05) is 17.3 Å². The van der Waals surface area contributed by atoms with E-state index in [4.69, 9.17) is 9.84 Å². The summed E-state index contributed by atoms with van der Waals surface area (Å²) in [6.07, 6.45) is 2.02. The molecule has 1 aliphatic rings. The molecule has 2 aromatic rings. The summed E-state index contributed by atoms with van der Waals surface area (Å²) < 4.78 is 6.81. The highest BCUT2D eigenvalue weighted by Crippen LogP contribution is 2.41. The van der Waals surface area contributed by atoms with Crippen LogP contribution in [0.15, 0.2) is 24.3 Å². The van der Waals surface area contributed by atoms with Gasteiger partial charge in [-0.3, -0.25) is 0 Å².